The van der Waals surface area contributed by atoms with Crippen LogP contribution < -0.4 is 0 Å². The van der Waals surface area contributed by atoms with Crippen LogP contribution in [0.2, 0.25) is 0 Å². The van der Waals surface area contributed by atoms with Crippen LogP contribution in [0.15, 0.2) is 36.7 Å². The Morgan fingerprint density at radius 2 is 1.50 bits per heavy atom. The Bertz CT molecular complexity index is 637. The molecule has 0 bridgehead atoms. The van der Waals surface area contributed by atoms with Crippen LogP contribution in [0.4, 0.5) is 0 Å². The Morgan fingerprint density at radius 1 is 0.950 bits per heavy atom. The number of nitrogens with zero attached hydrogens (tertiary/aromatic N) is 1. The summed E-state index contributed by atoms with van der Waals surface area (Å²) in [5.74, 6) is -0.293. The summed E-state index contributed by atoms with van der Waals surface area (Å²) in [5, 5.41) is 0. The predicted molar refractivity (Wildman–Crippen MR) is 78.2 cm³/mol. The number of ketones is 2. The summed E-state index contributed by atoms with van der Waals surface area (Å²) in [6.07, 6.45) is 3.01. The van der Waals surface area contributed by atoms with Gasteiger partial charge in [-0.3, -0.25) is 14.6 Å². The largest absolute Gasteiger partial charge is 0.294 e. The molecule has 0 spiro atoms. The molecule has 2 aromatic rings. The third kappa shape index (κ3) is 2.99. The fraction of sp³-hybridized carbons (Fsp3) is 0.235. The number of carbonyl (C=O) groups excluding carboxylic acids is 2. The summed E-state index contributed by atoms with van der Waals surface area (Å²) in [6, 6.07) is 7.20. The maximum absolute atomic E-state index is 12.3. The Hall–Kier alpha value is -2.29. The molecule has 3 heteroatoms. The number of Topliss-reactive ketones (excluding diaryl/α,β-unsaturated/α-hetero) is 2. The summed E-state index contributed by atoms with van der Waals surface area (Å²) >= 11 is 0. The lowest BCUT2D eigenvalue weighted by molar-refractivity contribution is 0.0893. The Morgan fingerprint density at radius 3 is 2.05 bits per heavy atom. The fourth-order valence-corrected chi connectivity index (χ4v) is 2.49. The summed E-state index contributed by atoms with van der Waals surface area (Å²) in [4.78, 5) is 28.3. The van der Waals surface area contributed by atoms with Crippen molar-refractivity contribution in [2.24, 2.45) is 0 Å². The number of hydrogen-bond donors (Lipinski definition) is 0. The lowest BCUT2D eigenvalue weighted by atomic mass is 9.93. The minimum absolute atomic E-state index is 0.102. The van der Waals surface area contributed by atoms with E-state index in [1.165, 1.54) is 0 Å². The molecule has 0 atom stereocenters. The van der Waals surface area contributed by atoms with Gasteiger partial charge in [0.1, 0.15) is 0 Å². The van der Waals surface area contributed by atoms with Crippen molar-refractivity contribution in [3.63, 3.8) is 0 Å². The molecule has 1 heterocycles. The molecule has 0 aliphatic heterocycles. The molecule has 0 aliphatic carbocycles. The van der Waals surface area contributed by atoms with Crippen molar-refractivity contribution in [1.82, 2.24) is 4.98 Å². The molecule has 0 radical (unpaired) electrons. The van der Waals surface area contributed by atoms with Gasteiger partial charge in [-0.15, -0.1) is 0 Å². The van der Waals surface area contributed by atoms with Crippen LogP contribution in [0.25, 0.3) is 0 Å². The van der Waals surface area contributed by atoms with E-state index in [1.54, 1.807) is 24.5 Å². The van der Waals surface area contributed by atoms with Crippen molar-refractivity contribution in [3.05, 3.63) is 64.5 Å². The van der Waals surface area contributed by atoms with Crippen LogP contribution in [-0.4, -0.2) is 16.6 Å². The molecule has 0 N–H and O–H groups in total. The van der Waals surface area contributed by atoms with Crippen molar-refractivity contribution in [2.45, 2.75) is 27.2 Å². The number of aromatic nitrogens is 1. The van der Waals surface area contributed by atoms with Gasteiger partial charge >= 0.3 is 0 Å². The Labute approximate surface area is 118 Å². The van der Waals surface area contributed by atoms with Crippen LogP contribution in [-0.2, 0) is 0 Å². The molecule has 0 aliphatic rings. The van der Waals surface area contributed by atoms with Gasteiger partial charge in [-0.05, 0) is 44.0 Å². The van der Waals surface area contributed by atoms with Crippen molar-refractivity contribution in [1.29, 1.82) is 0 Å². The van der Waals surface area contributed by atoms with Gasteiger partial charge in [0.15, 0.2) is 11.6 Å². The highest BCUT2D eigenvalue weighted by Crippen LogP contribution is 2.19. The van der Waals surface area contributed by atoms with E-state index in [0.717, 1.165) is 16.7 Å². The Kier molecular flexibility index (Phi) is 4.08. The standard InChI is InChI=1S/C17H17NO2/c1-11-8-12(2)17(13(3)9-11)16(20)10-15(19)14-4-6-18-7-5-14/h4-9H,10H2,1-3H3. The zero-order chi connectivity index (χ0) is 14.7. The molecule has 1 aromatic heterocycles. The van der Waals surface area contributed by atoms with E-state index in [2.05, 4.69) is 4.98 Å². The summed E-state index contributed by atoms with van der Waals surface area (Å²) in [5.41, 5.74) is 4.16. The van der Waals surface area contributed by atoms with Gasteiger partial charge < -0.3 is 0 Å². The van der Waals surface area contributed by atoms with Gasteiger partial charge in [-0.1, -0.05) is 17.7 Å². The first-order valence-corrected chi connectivity index (χ1v) is 6.53. The number of benzene rings is 1. The average Bonchev–Trinajstić information content (AvgIpc) is 2.38. The maximum atomic E-state index is 12.3. The summed E-state index contributed by atoms with van der Waals surface area (Å²) < 4.78 is 0. The molecule has 3 nitrogen and oxygen atoms in total. The monoisotopic (exact) mass is 267 g/mol. The Balaban J connectivity index is 2.24. The molecular formula is C17H17NO2. The van der Waals surface area contributed by atoms with Crippen LogP contribution in [0, 0.1) is 20.8 Å². The molecule has 102 valence electrons. The van der Waals surface area contributed by atoms with E-state index in [4.69, 9.17) is 0 Å². The number of pyridine rings is 1. The predicted octanol–water partition coefficient (Wildman–Crippen LogP) is 3.46. The van der Waals surface area contributed by atoms with E-state index in [1.807, 2.05) is 32.9 Å². The van der Waals surface area contributed by atoms with Crippen LogP contribution in [0.5, 0.6) is 0 Å². The quantitative estimate of drug-likeness (QED) is 0.629. The highest BCUT2D eigenvalue weighted by molar-refractivity contribution is 6.14. The van der Waals surface area contributed by atoms with Crippen molar-refractivity contribution >= 4 is 11.6 Å². The third-order valence-electron chi connectivity index (χ3n) is 3.28. The van der Waals surface area contributed by atoms with Gasteiger partial charge in [0.05, 0.1) is 6.42 Å². The van der Waals surface area contributed by atoms with E-state index in [0.29, 0.717) is 11.1 Å². The summed E-state index contributed by atoms with van der Waals surface area (Å²) in [7, 11) is 0. The molecule has 0 unspecified atom stereocenters. The van der Waals surface area contributed by atoms with Gasteiger partial charge in [0.25, 0.3) is 0 Å². The van der Waals surface area contributed by atoms with E-state index in [9.17, 15) is 9.59 Å². The minimum atomic E-state index is -0.170. The smallest absolute Gasteiger partial charge is 0.171 e. The molecule has 1 aromatic carbocycles. The normalized spacial score (nSPS) is 10.3. The lowest BCUT2D eigenvalue weighted by Gasteiger charge is -2.10. The lowest BCUT2D eigenvalue weighted by Crippen LogP contribution is -2.11. The van der Waals surface area contributed by atoms with Crippen molar-refractivity contribution < 1.29 is 9.59 Å². The van der Waals surface area contributed by atoms with Gasteiger partial charge in [0.2, 0.25) is 0 Å². The van der Waals surface area contributed by atoms with Crippen LogP contribution >= 0.6 is 0 Å². The zero-order valence-electron chi connectivity index (χ0n) is 11.9. The molecule has 20 heavy (non-hydrogen) atoms. The minimum Gasteiger partial charge on any atom is -0.294 e. The van der Waals surface area contributed by atoms with Gasteiger partial charge in [-0.25, -0.2) is 0 Å². The zero-order valence-corrected chi connectivity index (χ0v) is 11.9. The first kappa shape index (κ1) is 14.1. The van der Waals surface area contributed by atoms with Crippen molar-refractivity contribution in [2.75, 3.05) is 0 Å². The molecular weight excluding hydrogens is 250 g/mol. The van der Waals surface area contributed by atoms with E-state index < -0.39 is 0 Å². The second-order valence-electron chi connectivity index (χ2n) is 5.03. The first-order valence-electron chi connectivity index (χ1n) is 6.53. The number of aryl methyl sites for hydroxylation is 3. The molecule has 0 fully saturated rings. The van der Waals surface area contributed by atoms with E-state index in [-0.39, 0.29) is 18.0 Å². The SMILES string of the molecule is Cc1cc(C)c(C(=O)CC(=O)c2ccncc2)c(C)c1. The van der Waals surface area contributed by atoms with Crippen molar-refractivity contribution in [3.8, 4) is 0 Å². The van der Waals surface area contributed by atoms with Gasteiger partial charge in [-0.2, -0.15) is 0 Å². The second kappa shape index (κ2) is 5.78. The average molecular weight is 267 g/mol. The summed E-state index contributed by atoms with van der Waals surface area (Å²) in [6.45, 7) is 5.81. The maximum Gasteiger partial charge on any atom is 0.171 e. The number of carbonyl (C=O) groups is 2. The van der Waals surface area contributed by atoms with Crippen LogP contribution in [0.1, 0.15) is 43.8 Å². The highest BCUT2D eigenvalue weighted by Gasteiger charge is 2.17. The molecule has 0 saturated heterocycles. The number of rotatable bonds is 4. The molecule has 2 rings (SSSR count). The van der Waals surface area contributed by atoms with Crippen LogP contribution in [0.3, 0.4) is 0 Å². The number of hydrogen-bond acceptors (Lipinski definition) is 3. The molecule has 0 amide bonds. The fourth-order valence-electron chi connectivity index (χ4n) is 2.49. The van der Waals surface area contributed by atoms with Gasteiger partial charge in [0, 0.05) is 23.5 Å². The molecule has 0 saturated carbocycles. The van der Waals surface area contributed by atoms with E-state index >= 15 is 0 Å². The topological polar surface area (TPSA) is 47.0 Å². The second-order valence-corrected chi connectivity index (χ2v) is 5.03. The first-order chi connectivity index (χ1) is 9.49. The third-order valence-corrected chi connectivity index (χ3v) is 3.28. The highest BCUT2D eigenvalue weighted by atomic mass is 16.1.